The summed E-state index contributed by atoms with van der Waals surface area (Å²) in [6.45, 7) is 0.456. The number of carbonyl (C=O) groups excluding carboxylic acids is 1. The van der Waals surface area contributed by atoms with E-state index in [9.17, 15) is 13.2 Å². The van der Waals surface area contributed by atoms with Gasteiger partial charge in [0.15, 0.2) is 0 Å². The molecule has 4 rings (SSSR count). The van der Waals surface area contributed by atoms with Gasteiger partial charge in [0.25, 0.3) is 0 Å². The maximum absolute atomic E-state index is 13.2. The van der Waals surface area contributed by atoms with E-state index in [-0.39, 0.29) is 17.3 Å². The topological polar surface area (TPSA) is 129 Å². The summed E-state index contributed by atoms with van der Waals surface area (Å²) in [5, 5.41) is 13.8. The Labute approximate surface area is 191 Å². The number of ether oxygens (including phenoxy) is 2. The quantitative estimate of drug-likeness (QED) is 0.550. The summed E-state index contributed by atoms with van der Waals surface area (Å²) in [7, 11) is -0.701. The van der Waals surface area contributed by atoms with Gasteiger partial charge in [-0.15, -0.1) is 5.10 Å². The van der Waals surface area contributed by atoms with E-state index in [0.29, 0.717) is 42.3 Å². The zero-order valence-electron chi connectivity index (χ0n) is 18.2. The maximum Gasteiger partial charge on any atom is 0.243 e. The van der Waals surface area contributed by atoms with Crippen LogP contribution in [0, 0.1) is 5.92 Å². The molecule has 1 saturated heterocycles. The second kappa shape index (κ2) is 9.55. The molecule has 12 heteroatoms. The largest absolute Gasteiger partial charge is 0.497 e. The van der Waals surface area contributed by atoms with Crippen molar-refractivity contribution < 1.29 is 22.7 Å². The third-order valence-corrected chi connectivity index (χ3v) is 7.34. The van der Waals surface area contributed by atoms with Crippen molar-refractivity contribution in [2.24, 2.45) is 5.92 Å². The Bertz CT molecular complexity index is 1190. The molecule has 11 nitrogen and oxygen atoms in total. The number of hydrogen-bond acceptors (Lipinski definition) is 8. The summed E-state index contributed by atoms with van der Waals surface area (Å²) >= 11 is 0. The Kier molecular flexibility index (Phi) is 6.56. The molecular weight excluding hydrogens is 448 g/mol. The summed E-state index contributed by atoms with van der Waals surface area (Å²) in [5.74, 6) is 0.357. The van der Waals surface area contributed by atoms with Crippen molar-refractivity contribution in [3.8, 4) is 17.2 Å². The predicted molar refractivity (Wildman–Crippen MR) is 119 cm³/mol. The summed E-state index contributed by atoms with van der Waals surface area (Å²) in [4.78, 5) is 13.1. The van der Waals surface area contributed by atoms with E-state index in [1.54, 1.807) is 30.3 Å². The molecule has 1 unspecified atom stereocenters. The van der Waals surface area contributed by atoms with Gasteiger partial charge in [-0.3, -0.25) is 4.79 Å². The third-order valence-electron chi connectivity index (χ3n) is 5.46. The van der Waals surface area contributed by atoms with Gasteiger partial charge in [-0.1, -0.05) is 0 Å². The number of nitrogens with one attached hydrogen (secondary N) is 1. The highest BCUT2D eigenvalue weighted by Gasteiger charge is 2.33. The van der Waals surface area contributed by atoms with Gasteiger partial charge >= 0.3 is 0 Å². The Morgan fingerprint density at radius 1 is 1.09 bits per heavy atom. The van der Waals surface area contributed by atoms with Crippen molar-refractivity contribution in [1.29, 1.82) is 0 Å². The molecule has 1 aliphatic heterocycles. The van der Waals surface area contributed by atoms with Crippen molar-refractivity contribution in [2.75, 3.05) is 32.6 Å². The molecule has 1 atom stereocenters. The van der Waals surface area contributed by atoms with Gasteiger partial charge in [-0.05, 0) is 47.5 Å². The lowest BCUT2D eigenvalue weighted by Crippen LogP contribution is -2.43. The van der Waals surface area contributed by atoms with Crippen LogP contribution in [-0.4, -0.2) is 66.1 Å². The number of nitrogens with zero attached hydrogens (tertiary/aromatic N) is 5. The summed E-state index contributed by atoms with van der Waals surface area (Å²) in [5.41, 5.74) is 1.16. The minimum absolute atomic E-state index is 0.101. The molecule has 3 aromatic rings. The lowest BCUT2D eigenvalue weighted by molar-refractivity contribution is -0.120. The number of sulfonamides is 1. The zero-order chi connectivity index (χ0) is 23.4. The first kappa shape index (κ1) is 22.7. The molecule has 33 heavy (non-hydrogen) atoms. The standard InChI is InChI=1S/C21H24N6O5S/c1-31-18-10-16(11-19(12-18)32-2)23-21(28)15-4-3-9-26(13-15)33(29,30)20-7-5-17(6-8-20)27-14-22-24-25-27/h5-8,10-12,14-15H,3-4,9,13H2,1-2H3,(H,23,28). The van der Waals surface area contributed by atoms with Crippen LogP contribution < -0.4 is 14.8 Å². The first-order valence-corrected chi connectivity index (χ1v) is 11.7. The average molecular weight is 473 g/mol. The lowest BCUT2D eigenvalue weighted by Gasteiger charge is -2.31. The van der Waals surface area contributed by atoms with Crippen LogP contribution in [0.1, 0.15) is 12.8 Å². The molecule has 0 radical (unpaired) electrons. The van der Waals surface area contributed by atoms with E-state index >= 15 is 0 Å². The summed E-state index contributed by atoms with van der Waals surface area (Å²) < 4.78 is 39.7. The molecule has 174 valence electrons. The van der Waals surface area contributed by atoms with Gasteiger partial charge in [0.05, 0.1) is 30.7 Å². The number of benzene rings is 2. The SMILES string of the molecule is COc1cc(NC(=O)C2CCCN(S(=O)(=O)c3ccc(-n4cnnn4)cc3)C2)cc(OC)c1. The van der Waals surface area contributed by atoms with Crippen LogP contribution in [0.2, 0.25) is 0 Å². The molecule has 1 aromatic heterocycles. The van der Waals surface area contributed by atoms with E-state index in [2.05, 4.69) is 20.8 Å². The molecular formula is C21H24N6O5S. The van der Waals surface area contributed by atoms with Gasteiger partial charge in [0.2, 0.25) is 15.9 Å². The fourth-order valence-corrected chi connectivity index (χ4v) is 5.22. The fourth-order valence-electron chi connectivity index (χ4n) is 3.70. The Morgan fingerprint density at radius 3 is 2.39 bits per heavy atom. The second-order valence-electron chi connectivity index (χ2n) is 7.54. The number of hydrogen-bond donors (Lipinski definition) is 1. The number of amides is 1. The van der Waals surface area contributed by atoms with Crippen molar-refractivity contribution in [3.63, 3.8) is 0 Å². The fraction of sp³-hybridized carbons (Fsp3) is 0.333. The van der Waals surface area contributed by atoms with Gasteiger partial charge in [-0.25, -0.2) is 13.1 Å². The maximum atomic E-state index is 13.2. The summed E-state index contributed by atoms with van der Waals surface area (Å²) in [6, 6.07) is 11.4. The number of piperidine rings is 1. The van der Waals surface area contributed by atoms with Crippen molar-refractivity contribution in [1.82, 2.24) is 24.5 Å². The first-order chi connectivity index (χ1) is 15.9. The Balaban J connectivity index is 1.47. The van der Waals surface area contributed by atoms with Crippen LogP contribution in [-0.2, 0) is 14.8 Å². The van der Waals surface area contributed by atoms with Crippen LogP contribution in [0.4, 0.5) is 5.69 Å². The average Bonchev–Trinajstić information content (AvgIpc) is 3.39. The third kappa shape index (κ3) is 4.96. The van der Waals surface area contributed by atoms with E-state index in [1.807, 2.05) is 0 Å². The van der Waals surface area contributed by atoms with Crippen molar-refractivity contribution in [3.05, 3.63) is 48.8 Å². The van der Waals surface area contributed by atoms with E-state index in [1.165, 1.54) is 41.7 Å². The minimum atomic E-state index is -3.76. The van der Waals surface area contributed by atoms with Crippen LogP contribution in [0.25, 0.3) is 5.69 Å². The molecule has 0 saturated carbocycles. The Morgan fingerprint density at radius 2 is 1.79 bits per heavy atom. The normalized spacial score (nSPS) is 16.8. The van der Waals surface area contributed by atoms with E-state index < -0.39 is 15.9 Å². The van der Waals surface area contributed by atoms with Crippen LogP contribution in [0.15, 0.2) is 53.7 Å². The first-order valence-electron chi connectivity index (χ1n) is 10.3. The molecule has 0 aliphatic carbocycles. The van der Waals surface area contributed by atoms with Crippen molar-refractivity contribution >= 4 is 21.6 Å². The number of carbonyl (C=O) groups is 1. The molecule has 2 aromatic carbocycles. The van der Waals surface area contributed by atoms with Gasteiger partial charge < -0.3 is 14.8 Å². The summed E-state index contributed by atoms with van der Waals surface area (Å²) in [6.07, 6.45) is 2.61. The molecule has 1 aliphatic rings. The molecule has 1 N–H and O–H groups in total. The number of aromatic nitrogens is 4. The Hall–Kier alpha value is -3.51. The monoisotopic (exact) mass is 472 g/mol. The van der Waals surface area contributed by atoms with Gasteiger partial charge in [0, 0.05) is 37.0 Å². The molecule has 0 bridgehead atoms. The number of anilines is 1. The number of methoxy groups -OCH3 is 2. The van der Waals surface area contributed by atoms with Crippen LogP contribution in [0.5, 0.6) is 11.5 Å². The van der Waals surface area contributed by atoms with Gasteiger partial charge in [-0.2, -0.15) is 4.31 Å². The highest BCUT2D eigenvalue weighted by atomic mass is 32.2. The molecule has 1 amide bonds. The highest BCUT2D eigenvalue weighted by Crippen LogP contribution is 2.28. The molecule has 2 heterocycles. The van der Waals surface area contributed by atoms with E-state index in [0.717, 1.165) is 0 Å². The van der Waals surface area contributed by atoms with E-state index in [4.69, 9.17) is 9.47 Å². The molecule has 1 fully saturated rings. The van der Waals surface area contributed by atoms with Gasteiger partial charge in [0.1, 0.15) is 17.8 Å². The molecule has 0 spiro atoms. The van der Waals surface area contributed by atoms with Crippen LogP contribution in [0.3, 0.4) is 0 Å². The highest BCUT2D eigenvalue weighted by molar-refractivity contribution is 7.89. The van der Waals surface area contributed by atoms with Crippen LogP contribution >= 0.6 is 0 Å². The number of tetrazole rings is 1. The van der Waals surface area contributed by atoms with Crippen molar-refractivity contribution in [2.45, 2.75) is 17.7 Å². The number of rotatable bonds is 7. The minimum Gasteiger partial charge on any atom is -0.497 e. The lowest BCUT2D eigenvalue weighted by atomic mass is 9.98. The predicted octanol–water partition coefficient (Wildman–Crippen LogP) is 1.72. The zero-order valence-corrected chi connectivity index (χ0v) is 19.0. The smallest absolute Gasteiger partial charge is 0.243 e. The second-order valence-corrected chi connectivity index (χ2v) is 9.48.